The summed E-state index contributed by atoms with van der Waals surface area (Å²) < 4.78 is 0. The predicted molar refractivity (Wildman–Crippen MR) is 283 cm³/mol. The Morgan fingerprint density at radius 2 is 1.08 bits per heavy atom. The number of fused-ring (bicyclic) bond motifs is 13. The molecule has 1 N–H and O–H groups in total. The molecule has 2 aliphatic carbocycles. The first-order valence-corrected chi connectivity index (χ1v) is 22.3. The predicted octanol–water partition coefficient (Wildman–Crippen LogP) is 17.4. The quantitative estimate of drug-likeness (QED) is 0.103. The number of anilines is 4. The molecule has 65 heavy (non-hydrogen) atoms. The minimum atomic E-state index is -0.503. The van der Waals surface area contributed by atoms with Gasteiger partial charge in [-0.2, -0.15) is 0 Å². The van der Waals surface area contributed by atoms with E-state index < -0.39 is 5.41 Å². The molecular weight excluding hydrogens is 785 g/mol. The number of benzene rings is 8. The molecule has 1 spiro atoms. The van der Waals surface area contributed by atoms with Crippen LogP contribution in [0.5, 0.6) is 0 Å². The molecule has 0 aromatic heterocycles. The van der Waals surface area contributed by atoms with E-state index >= 15 is 0 Å². The number of hydrogen-bond acceptors (Lipinski definition) is 2. The molecule has 0 saturated heterocycles. The molecule has 0 amide bonds. The summed E-state index contributed by atoms with van der Waals surface area (Å²) in [5.41, 5.74) is 15.3. The lowest BCUT2D eigenvalue weighted by molar-refractivity contribution is 0.794. The van der Waals surface area contributed by atoms with Gasteiger partial charge in [-0.1, -0.05) is 201 Å². The summed E-state index contributed by atoms with van der Waals surface area (Å²) >= 11 is 0. The number of nitrogens with zero attached hydrogens (tertiary/aromatic N) is 1. The highest BCUT2D eigenvalue weighted by Gasteiger charge is 2.52. The fourth-order valence-electron chi connectivity index (χ4n) is 9.67. The van der Waals surface area contributed by atoms with Gasteiger partial charge in [-0.3, -0.25) is 0 Å². The van der Waals surface area contributed by atoms with Crippen molar-refractivity contribution in [2.75, 3.05) is 10.2 Å². The van der Waals surface area contributed by atoms with Crippen LogP contribution in [0.4, 0.5) is 22.7 Å². The van der Waals surface area contributed by atoms with Crippen LogP contribution in [0.25, 0.3) is 49.9 Å². The molecule has 2 aliphatic rings. The van der Waals surface area contributed by atoms with Gasteiger partial charge in [-0.25, -0.2) is 0 Å². The zero-order valence-electron chi connectivity index (χ0n) is 37.0. The molecule has 8 aromatic carbocycles. The van der Waals surface area contributed by atoms with Gasteiger partial charge in [0.25, 0.3) is 0 Å². The summed E-state index contributed by atoms with van der Waals surface area (Å²) in [5, 5.41) is 8.82. The van der Waals surface area contributed by atoms with E-state index in [1.807, 2.05) is 50.3 Å². The maximum absolute atomic E-state index is 3.87. The Bertz CT molecular complexity index is 3250. The molecule has 8 aromatic rings. The molecule has 2 nitrogen and oxygen atoms in total. The van der Waals surface area contributed by atoms with Gasteiger partial charge in [0, 0.05) is 28.8 Å². The molecule has 10 rings (SSSR count). The minimum absolute atomic E-state index is 0.503. The van der Waals surface area contributed by atoms with Crippen molar-refractivity contribution >= 4 is 50.4 Å². The molecule has 1 unspecified atom stereocenters. The summed E-state index contributed by atoms with van der Waals surface area (Å²) in [6, 6.07) is 60.2. The van der Waals surface area contributed by atoms with E-state index in [0.717, 1.165) is 22.7 Å². The van der Waals surface area contributed by atoms with E-state index in [2.05, 4.69) is 224 Å². The van der Waals surface area contributed by atoms with E-state index in [0.29, 0.717) is 0 Å². The highest BCUT2D eigenvalue weighted by Crippen LogP contribution is 2.64. The van der Waals surface area contributed by atoms with Gasteiger partial charge < -0.3 is 10.2 Å². The van der Waals surface area contributed by atoms with Crippen molar-refractivity contribution < 1.29 is 0 Å². The van der Waals surface area contributed by atoms with E-state index in [1.165, 1.54) is 71.6 Å². The molecule has 0 saturated carbocycles. The lowest BCUT2D eigenvalue weighted by atomic mass is 9.70. The Hall–Kier alpha value is -8.20. The normalized spacial score (nSPS) is 14.7. The van der Waals surface area contributed by atoms with Crippen molar-refractivity contribution in [1.82, 2.24) is 0 Å². The molecular formula is C63H52N2. The Morgan fingerprint density at radius 3 is 1.85 bits per heavy atom. The van der Waals surface area contributed by atoms with Gasteiger partial charge in [0.15, 0.2) is 0 Å². The molecule has 0 bridgehead atoms. The van der Waals surface area contributed by atoms with Gasteiger partial charge in [0.1, 0.15) is 0 Å². The maximum Gasteiger partial charge on any atom is 0.0727 e. The van der Waals surface area contributed by atoms with Crippen LogP contribution in [-0.2, 0) is 5.41 Å². The Morgan fingerprint density at radius 1 is 0.462 bits per heavy atom. The fourth-order valence-corrected chi connectivity index (χ4v) is 9.67. The highest BCUT2D eigenvalue weighted by molar-refractivity contribution is 6.11. The summed E-state index contributed by atoms with van der Waals surface area (Å²) in [6.07, 6.45) is 28.0. The van der Waals surface area contributed by atoms with Crippen LogP contribution in [0.15, 0.2) is 256 Å². The third-order valence-electron chi connectivity index (χ3n) is 12.3. The van der Waals surface area contributed by atoms with Crippen LogP contribution in [-0.4, -0.2) is 0 Å². The fraction of sp³-hybridized carbons (Fsp3) is 0.0476. The van der Waals surface area contributed by atoms with E-state index in [4.69, 9.17) is 0 Å². The van der Waals surface area contributed by atoms with E-state index in [1.54, 1.807) is 12.2 Å². The third-order valence-corrected chi connectivity index (χ3v) is 12.3. The topological polar surface area (TPSA) is 15.3 Å². The monoisotopic (exact) mass is 836 g/mol. The van der Waals surface area contributed by atoms with Crippen LogP contribution in [0, 0.1) is 0 Å². The first-order chi connectivity index (χ1) is 32.1. The SMILES string of the molecule is C=C/C=C\C=C/C.C=C/C=C\C=C/N(c1ccccc1)c1cccc2c1-c1ccccc1C21c2ccccc2-c2ccc(Nc3ccc4c(c3)cc(/C=C\C=C/C)c3ccccc34)cc21. The zero-order chi connectivity index (χ0) is 44.6. The molecule has 2 heteroatoms. The number of allylic oxidation sites excluding steroid dienone is 12. The molecule has 0 aliphatic heterocycles. The van der Waals surface area contributed by atoms with Crippen LogP contribution < -0.4 is 10.2 Å². The summed E-state index contributed by atoms with van der Waals surface area (Å²) in [7, 11) is 0. The summed E-state index contributed by atoms with van der Waals surface area (Å²) in [6.45, 7) is 11.4. The standard InChI is InChI=1S/C56H42N2.C7H10/c1-3-5-7-18-35-58(43-21-10-8-11-22-43)54-30-19-29-52-55(54)49-26-15-17-28-51(49)56(52)50-27-16-14-25-47(50)48-34-32-42(38-53(48)56)57-41-31-33-45-40(37-41)36-39(20-9-6-4-2)44-23-12-13-24-46(44)45;1-3-5-7-6-4-2/h3-38,57H,1H2,2H3;3-7H,1H2,2H3/b6-4-,7-5-,20-9-,35-18-;6-4-,7-5-. The van der Waals surface area contributed by atoms with Crippen LogP contribution in [0.1, 0.15) is 41.7 Å². The first kappa shape index (κ1) is 42.1. The minimum Gasteiger partial charge on any atom is -0.355 e. The average molecular weight is 837 g/mol. The molecule has 0 fully saturated rings. The Labute approximate surface area is 384 Å². The van der Waals surface area contributed by atoms with Gasteiger partial charge in [-0.15, -0.1) is 0 Å². The van der Waals surface area contributed by atoms with E-state index in [-0.39, 0.29) is 0 Å². The third kappa shape index (κ3) is 7.81. The molecule has 1 atom stereocenters. The number of hydrogen-bond donors (Lipinski definition) is 1. The molecule has 314 valence electrons. The largest absolute Gasteiger partial charge is 0.355 e. The maximum atomic E-state index is 3.87. The van der Waals surface area contributed by atoms with Gasteiger partial charge in [0.2, 0.25) is 0 Å². The van der Waals surface area contributed by atoms with Crippen molar-refractivity contribution in [2.45, 2.75) is 19.3 Å². The molecule has 0 heterocycles. The average Bonchev–Trinajstić information content (AvgIpc) is 3.82. The molecule has 0 radical (unpaired) electrons. The zero-order valence-corrected chi connectivity index (χ0v) is 37.0. The van der Waals surface area contributed by atoms with Crippen molar-refractivity contribution in [3.8, 4) is 22.3 Å². The second kappa shape index (κ2) is 19.0. The summed E-state index contributed by atoms with van der Waals surface area (Å²) in [4.78, 5) is 2.31. The number of rotatable bonds is 11. The van der Waals surface area contributed by atoms with Crippen molar-refractivity contribution in [2.24, 2.45) is 0 Å². The van der Waals surface area contributed by atoms with Crippen molar-refractivity contribution in [3.05, 3.63) is 284 Å². The van der Waals surface area contributed by atoms with Crippen molar-refractivity contribution in [3.63, 3.8) is 0 Å². The lowest BCUT2D eigenvalue weighted by Gasteiger charge is -2.31. The van der Waals surface area contributed by atoms with E-state index in [9.17, 15) is 0 Å². The second-order valence-corrected chi connectivity index (χ2v) is 16.1. The number of nitrogens with one attached hydrogen (secondary N) is 1. The van der Waals surface area contributed by atoms with Gasteiger partial charge in [-0.05, 0) is 135 Å². The van der Waals surface area contributed by atoms with Gasteiger partial charge in [0.05, 0.1) is 11.1 Å². The van der Waals surface area contributed by atoms with Crippen LogP contribution >= 0.6 is 0 Å². The van der Waals surface area contributed by atoms with Crippen LogP contribution in [0.2, 0.25) is 0 Å². The Balaban J connectivity index is 0.000000706. The lowest BCUT2D eigenvalue weighted by Crippen LogP contribution is -2.26. The summed E-state index contributed by atoms with van der Waals surface area (Å²) in [5.74, 6) is 0. The smallest absolute Gasteiger partial charge is 0.0727 e. The second-order valence-electron chi connectivity index (χ2n) is 16.1. The Kier molecular flexibility index (Phi) is 12.3. The number of para-hydroxylation sites is 1. The van der Waals surface area contributed by atoms with Crippen LogP contribution in [0.3, 0.4) is 0 Å². The first-order valence-electron chi connectivity index (χ1n) is 22.3. The highest BCUT2D eigenvalue weighted by atomic mass is 15.1. The van der Waals surface area contributed by atoms with Gasteiger partial charge >= 0.3 is 0 Å². The van der Waals surface area contributed by atoms with Crippen molar-refractivity contribution in [1.29, 1.82) is 0 Å².